The third kappa shape index (κ3) is 2.12. The predicted molar refractivity (Wildman–Crippen MR) is 61.7 cm³/mol. The minimum atomic E-state index is -5.37. The van der Waals surface area contributed by atoms with E-state index in [0.717, 1.165) is 6.92 Å². The van der Waals surface area contributed by atoms with Gasteiger partial charge in [-0.25, -0.2) is 4.79 Å². The van der Waals surface area contributed by atoms with Crippen LogP contribution in [0.4, 0.5) is 12.9 Å². The smallest absolute Gasteiger partial charge is 0.478 e. The fraction of sp³-hybridized carbons (Fsp3) is 0.273. The molecule has 0 aliphatic rings. The maximum absolute atomic E-state index is 13.0. The summed E-state index contributed by atoms with van der Waals surface area (Å²) < 4.78 is 38.9. The van der Waals surface area contributed by atoms with Gasteiger partial charge in [0.05, 0.1) is 5.56 Å². The van der Waals surface area contributed by atoms with Crippen LogP contribution in [0.2, 0.25) is 0 Å². The van der Waals surface area contributed by atoms with E-state index in [4.69, 9.17) is 5.11 Å². The quantitative estimate of drug-likeness (QED) is 0.668. The molecule has 98 valence electrons. The van der Waals surface area contributed by atoms with E-state index in [2.05, 4.69) is 0 Å². The van der Waals surface area contributed by atoms with Crippen molar-refractivity contribution in [2.45, 2.75) is 20.8 Å². The molecule has 0 bridgehead atoms. The lowest BCUT2D eigenvalue weighted by Gasteiger charge is -2.25. The molecule has 0 radical (unpaired) electrons. The Labute approximate surface area is 102 Å². The van der Waals surface area contributed by atoms with E-state index in [1.807, 2.05) is 0 Å². The van der Waals surface area contributed by atoms with E-state index in [1.165, 1.54) is 13.8 Å². The maximum atomic E-state index is 13.0. The monoisotopic (exact) mass is 259 g/mol. The molecule has 1 aromatic carbocycles. The highest BCUT2D eigenvalue weighted by Gasteiger charge is 2.33. The first-order valence-corrected chi connectivity index (χ1v) is 5.15. The molecule has 18 heavy (non-hydrogen) atoms. The van der Waals surface area contributed by atoms with Crippen molar-refractivity contribution in [3.63, 3.8) is 0 Å². The Bertz CT molecular complexity index is 536. The van der Waals surface area contributed by atoms with Crippen LogP contribution in [-0.4, -0.2) is 24.3 Å². The van der Waals surface area contributed by atoms with Crippen molar-refractivity contribution in [1.82, 2.24) is 0 Å². The number of carboxylic acid groups (broad SMARTS) is 1. The van der Waals surface area contributed by atoms with Crippen molar-refractivity contribution >= 4 is 24.7 Å². The zero-order chi connectivity index (χ0) is 14.2. The van der Waals surface area contributed by atoms with Crippen LogP contribution in [0.3, 0.4) is 0 Å². The van der Waals surface area contributed by atoms with Gasteiger partial charge in [-0.2, -0.15) is 0 Å². The van der Waals surface area contributed by atoms with Crippen LogP contribution < -0.4 is 5.46 Å². The summed E-state index contributed by atoms with van der Waals surface area (Å²) in [6, 6.07) is 0. The van der Waals surface area contributed by atoms with E-state index in [0.29, 0.717) is 0 Å². The summed E-state index contributed by atoms with van der Waals surface area (Å²) in [6.45, 7) is -1.74. The number of rotatable bonds is 3. The highest BCUT2D eigenvalue weighted by Crippen LogP contribution is 2.24. The van der Waals surface area contributed by atoms with Gasteiger partial charge in [-0.05, 0) is 26.3 Å². The first-order valence-electron chi connectivity index (χ1n) is 5.15. The summed E-state index contributed by atoms with van der Waals surface area (Å²) in [5.74, 6) is -1.46. The van der Waals surface area contributed by atoms with Gasteiger partial charge in [-0.15, -0.1) is 5.46 Å². The Morgan fingerprint density at radius 3 is 1.94 bits per heavy atom. The number of hydrogen-bond donors (Lipinski definition) is 1. The molecule has 0 spiro atoms. The van der Waals surface area contributed by atoms with Crippen molar-refractivity contribution in [3.8, 4) is 0 Å². The molecule has 0 unspecified atom stereocenters. The number of aldehydes is 1. The van der Waals surface area contributed by atoms with Crippen LogP contribution in [0.1, 0.15) is 37.4 Å². The van der Waals surface area contributed by atoms with Crippen LogP contribution in [0.25, 0.3) is 0 Å². The third-order valence-electron chi connectivity index (χ3n) is 3.03. The van der Waals surface area contributed by atoms with Gasteiger partial charge in [0.2, 0.25) is 0 Å². The molecule has 1 aromatic rings. The Hall–Kier alpha value is -1.79. The topological polar surface area (TPSA) is 54.4 Å². The summed E-state index contributed by atoms with van der Waals surface area (Å²) in [7, 11) is 0. The molecular formula is C11H11BF3O3-. The predicted octanol–water partition coefficient (Wildman–Crippen LogP) is 2.18. The second-order valence-electron chi connectivity index (χ2n) is 4.08. The van der Waals surface area contributed by atoms with Gasteiger partial charge in [0, 0.05) is 5.56 Å². The van der Waals surface area contributed by atoms with Crippen LogP contribution in [0, 0.1) is 20.8 Å². The number of aromatic carboxylic acids is 1. The highest BCUT2D eigenvalue weighted by molar-refractivity contribution is 6.74. The molecule has 0 atom stereocenters. The number of carbonyl (C=O) groups excluding carboxylic acids is 1. The van der Waals surface area contributed by atoms with Crippen molar-refractivity contribution in [3.05, 3.63) is 27.8 Å². The molecule has 1 N–H and O–H groups in total. The van der Waals surface area contributed by atoms with E-state index < -0.39 is 24.0 Å². The fourth-order valence-electron chi connectivity index (χ4n) is 2.25. The largest absolute Gasteiger partial charge is 0.510 e. The molecule has 1 rings (SSSR count). The van der Waals surface area contributed by atoms with E-state index in [-0.39, 0.29) is 28.5 Å². The molecular weight excluding hydrogens is 248 g/mol. The third-order valence-corrected chi connectivity index (χ3v) is 3.03. The molecule has 0 saturated heterocycles. The molecule has 0 aromatic heterocycles. The van der Waals surface area contributed by atoms with Gasteiger partial charge in [-0.3, -0.25) is 4.79 Å². The van der Waals surface area contributed by atoms with Crippen LogP contribution >= 0.6 is 0 Å². The minimum absolute atomic E-state index is 0.0660. The molecule has 0 heterocycles. The second kappa shape index (κ2) is 4.47. The van der Waals surface area contributed by atoms with Crippen molar-refractivity contribution in [2.75, 3.05) is 0 Å². The number of halogens is 3. The van der Waals surface area contributed by atoms with Gasteiger partial charge >= 0.3 is 12.9 Å². The number of carbonyl (C=O) groups is 2. The molecule has 0 saturated carbocycles. The first kappa shape index (κ1) is 14.3. The van der Waals surface area contributed by atoms with Gasteiger partial charge in [0.1, 0.15) is 6.29 Å². The Morgan fingerprint density at radius 2 is 1.61 bits per heavy atom. The normalized spacial score (nSPS) is 11.4. The standard InChI is InChI=1S/C11H11BF3O3/c1-5-8(4-16)6(2)10(12(13,14)15)7(3)9(5)11(17)18/h4H,1-3H3,(H,17,18)/q-1. The molecule has 0 aliphatic carbocycles. The molecule has 0 amide bonds. The van der Waals surface area contributed by atoms with Crippen LogP contribution in [0.5, 0.6) is 0 Å². The van der Waals surface area contributed by atoms with Crippen molar-refractivity contribution < 1.29 is 27.6 Å². The average molecular weight is 259 g/mol. The van der Waals surface area contributed by atoms with Gasteiger partial charge in [-0.1, -0.05) is 11.1 Å². The summed E-state index contributed by atoms with van der Waals surface area (Å²) in [5, 5.41) is 8.97. The SMILES string of the molecule is Cc1c(C=O)c(C)c([B-](F)(F)F)c(C)c1C(=O)O. The summed E-state index contributed by atoms with van der Waals surface area (Å²) >= 11 is 0. The van der Waals surface area contributed by atoms with Gasteiger partial charge in [0.15, 0.2) is 0 Å². The number of carboxylic acids is 1. The lowest BCUT2D eigenvalue weighted by molar-refractivity contribution is 0.0695. The lowest BCUT2D eigenvalue weighted by Crippen LogP contribution is -2.40. The van der Waals surface area contributed by atoms with Gasteiger partial charge in [0.25, 0.3) is 0 Å². The first-order chi connectivity index (χ1) is 8.12. The maximum Gasteiger partial charge on any atom is 0.510 e. The van der Waals surface area contributed by atoms with E-state index in [1.54, 1.807) is 0 Å². The van der Waals surface area contributed by atoms with Gasteiger partial charge < -0.3 is 18.1 Å². The molecule has 3 nitrogen and oxygen atoms in total. The zero-order valence-electron chi connectivity index (χ0n) is 10.1. The summed E-state index contributed by atoms with van der Waals surface area (Å²) in [6.07, 6.45) is 0.266. The Kier molecular flexibility index (Phi) is 3.55. The minimum Gasteiger partial charge on any atom is -0.478 e. The highest BCUT2D eigenvalue weighted by atomic mass is 19.4. The fourth-order valence-corrected chi connectivity index (χ4v) is 2.25. The van der Waals surface area contributed by atoms with Crippen molar-refractivity contribution in [1.29, 1.82) is 0 Å². The van der Waals surface area contributed by atoms with Crippen LogP contribution in [0.15, 0.2) is 0 Å². The Morgan fingerprint density at radius 1 is 1.11 bits per heavy atom. The average Bonchev–Trinajstić information content (AvgIpc) is 2.14. The summed E-state index contributed by atoms with van der Waals surface area (Å²) in [4.78, 5) is 21.9. The molecule has 0 aliphatic heterocycles. The second-order valence-corrected chi connectivity index (χ2v) is 4.08. The molecule has 0 fully saturated rings. The zero-order valence-corrected chi connectivity index (χ0v) is 10.1. The van der Waals surface area contributed by atoms with Crippen LogP contribution in [-0.2, 0) is 0 Å². The lowest BCUT2D eigenvalue weighted by atomic mass is 9.70. The Balaban J connectivity index is 3.90. The van der Waals surface area contributed by atoms with Crippen molar-refractivity contribution in [2.24, 2.45) is 0 Å². The summed E-state index contributed by atoms with van der Waals surface area (Å²) in [5.41, 5.74) is -2.12. The van der Waals surface area contributed by atoms with E-state index >= 15 is 0 Å². The van der Waals surface area contributed by atoms with E-state index in [9.17, 15) is 22.5 Å². The number of hydrogen-bond acceptors (Lipinski definition) is 2. The number of benzene rings is 1. The molecule has 7 heteroatoms.